The molecule has 2 unspecified atom stereocenters. The van der Waals surface area contributed by atoms with Gasteiger partial charge in [-0.25, -0.2) is 4.98 Å². The summed E-state index contributed by atoms with van der Waals surface area (Å²) in [7, 11) is 1.39. The Hall–Kier alpha value is -3.43. The number of piperidine rings is 1. The van der Waals surface area contributed by atoms with Gasteiger partial charge in [0.1, 0.15) is 5.69 Å². The summed E-state index contributed by atoms with van der Waals surface area (Å²) >= 11 is 0. The first kappa shape index (κ1) is 27.6. The van der Waals surface area contributed by atoms with E-state index >= 15 is 0 Å². The summed E-state index contributed by atoms with van der Waals surface area (Å²) < 4.78 is 43.4. The lowest BCUT2D eigenvalue weighted by atomic mass is 9.80. The lowest BCUT2D eigenvalue weighted by Crippen LogP contribution is -2.43. The van der Waals surface area contributed by atoms with E-state index < -0.39 is 17.8 Å². The third-order valence-electron chi connectivity index (χ3n) is 7.47. The number of hydrogen-bond donors (Lipinski definition) is 1. The van der Waals surface area contributed by atoms with E-state index in [1.165, 1.54) is 19.2 Å². The second-order valence-corrected chi connectivity index (χ2v) is 10.0. The van der Waals surface area contributed by atoms with Crippen molar-refractivity contribution in [1.29, 1.82) is 0 Å². The molecule has 7 nitrogen and oxygen atoms in total. The zero-order valence-electron chi connectivity index (χ0n) is 21.3. The van der Waals surface area contributed by atoms with Gasteiger partial charge in [-0.15, -0.1) is 0 Å². The van der Waals surface area contributed by atoms with Crippen LogP contribution in [-0.2, 0) is 31.7 Å². The van der Waals surface area contributed by atoms with Crippen molar-refractivity contribution in [2.45, 2.75) is 57.0 Å². The van der Waals surface area contributed by atoms with Gasteiger partial charge in [0.25, 0.3) is 0 Å². The van der Waals surface area contributed by atoms with Gasteiger partial charge < -0.3 is 15.0 Å². The van der Waals surface area contributed by atoms with Crippen LogP contribution in [0.1, 0.15) is 61.4 Å². The number of methoxy groups -OCH3 is 1. The number of likely N-dealkylation sites (tertiary alicyclic amines) is 1. The number of halogens is 3. The minimum atomic E-state index is -4.56. The molecule has 2 heterocycles. The monoisotopic (exact) mass is 531 g/mol. The number of amides is 2. The zero-order valence-corrected chi connectivity index (χ0v) is 21.3. The number of rotatable bonds is 6. The molecule has 4 rings (SSSR count). The van der Waals surface area contributed by atoms with Crippen molar-refractivity contribution in [3.63, 3.8) is 0 Å². The maximum Gasteiger partial charge on any atom is 0.433 e. The van der Waals surface area contributed by atoms with Gasteiger partial charge in [-0.1, -0.05) is 24.6 Å². The molecule has 0 radical (unpaired) electrons. The van der Waals surface area contributed by atoms with Gasteiger partial charge in [0, 0.05) is 24.7 Å². The van der Waals surface area contributed by atoms with Crippen LogP contribution in [0.15, 0.2) is 42.5 Å². The molecule has 2 amide bonds. The molecule has 2 atom stereocenters. The van der Waals surface area contributed by atoms with Crippen LogP contribution in [0.2, 0.25) is 0 Å². The molecule has 1 N–H and O–H groups in total. The highest BCUT2D eigenvalue weighted by molar-refractivity contribution is 5.92. The zero-order chi connectivity index (χ0) is 27.3. The molecule has 1 aromatic carbocycles. The molecule has 1 aliphatic carbocycles. The fourth-order valence-electron chi connectivity index (χ4n) is 5.43. The molecular weight excluding hydrogens is 499 g/mol. The molecule has 1 saturated carbocycles. The number of esters is 1. The summed E-state index contributed by atoms with van der Waals surface area (Å²) in [5.74, 6) is -0.585. The van der Waals surface area contributed by atoms with Crippen molar-refractivity contribution in [2.24, 2.45) is 11.8 Å². The maximum absolute atomic E-state index is 13.1. The van der Waals surface area contributed by atoms with Crippen molar-refractivity contribution in [2.75, 3.05) is 25.5 Å². The van der Waals surface area contributed by atoms with Crippen LogP contribution in [-0.4, -0.2) is 47.9 Å². The number of nitrogens with zero attached hydrogens (tertiary/aromatic N) is 2. The Kier molecular flexibility index (Phi) is 8.69. The lowest BCUT2D eigenvalue weighted by Gasteiger charge is -2.36. The van der Waals surface area contributed by atoms with E-state index in [0.29, 0.717) is 25.2 Å². The predicted molar refractivity (Wildman–Crippen MR) is 134 cm³/mol. The van der Waals surface area contributed by atoms with E-state index in [2.05, 4.69) is 10.3 Å². The fourth-order valence-corrected chi connectivity index (χ4v) is 5.43. The molecule has 0 spiro atoms. The molecule has 10 heteroatoms. The summed E-state index contributed by atoms with van der Waals surface area (Å²) in [6, 6.07) is 10.9. The normalized spacial score (nSPS) is 20.6. The van der Waals surface area contributed by atoms with Gasteiger partial charge in [0.05, 0.1) is 25.1 Å². The molecule has 1 aliphatic heterocycles. The Morgan fingerprint density at radius 1 is 1.00 bits per heavy atom. The number of pyridine rings is 1. The Labute approximate surface area is 219 Å². The van der Waals surface area contributed by atoms with Crippen LogP contribution >= 0.6 is 0 Å². The van der Waals surface area contributed by atoms with Crippen LogP contribution in [0.25, 0.3) is 0 Å². The molecule has 204 valence electrons. The van der Waals surface area contributed by atoms with Crippen LogP contribution in [0.3, 0.4) is 0 Å². The van der Waals surface area contributed by atoms with E-state index in [1.54, 1.807) is 12.1 Å². The summed E-state index contributed by atoms with van der Waals surface area (Å²) in [6.07, 6.45) is -0.179. The second-order valence-electron chi connectivity index (χ2n) is 10.0. The summed E-state index contributed by atoms with van der Waals surface area (Å²) in [5.41, 5.74) is 0.683. The van der Waals surface area contributed by atoms with Gasteiger partial charge in [0.15, 0.2) is 0 Å². The predicted octanol–water partition coefficient (Wildman–Crippen LogP) is 4.97. The molecule has 2 aromatic rings. The highest BCUT2D eigenvalue weighted by Gasteiger charge is 2.35. The molecule has 1 saturated heterocycles. The quantitative estimate of drug-likeness (QED) is 0.532. The molecule has 0 bridgehead atoms. The summed E-state index contributed by atoms with van der Waals surface area (Å²) in [5, 5.41) is 2.71. The van der Waals surface area contributed by atoms with Gasteiger partial charge in [0.2, 0.25) is 11.8 Å². The van der Waals surface area contributed by atoms with Crippen molar-refractivity contribution >= 4 is 23.5 Å². The maximum atomic E-state index is 13.1. The van der Waals surface area contributed by atoms with E-state index in [1.807, 2.05) is 17.0 Å². The van der Waals surface area contributed by atoms with Gasteiger partial charge in [-0.2, -0.15) is 13.2 Å². The van der Waals surface area contributed by atoms with Crippen molar-refractivity contribution < 1.29 is 32.3 Å². The highest BCUT2D eigenvalue weighted by atomic mass is 19.4. The largest absolute Gasteiger partial charge is 0.469 e. The number of carbonyl (C=O) groups is 3. The number of aromatic nitrogens is 1. The summed E-state index contributed by atoms with van der Waals surface area (Å²) in [4.78, 5) is 42.8. The van der Waals surface area contributed by atoms with Crippen molar-refractivity contribution in [1.82, 2.24) is 9.88 Å². The van der Waals surface area contributed by atoms with E-state index in [4.69, 9.17) is 4.74 Å². The van der Waals surface area contributed by atoms with Gasteiger partial charge >= 0.3 is 12.1 Å². The molecule has 2 aliphatic rings. The van der Waals surface area contributed by atoms with Crippen LogP contribution in [0.5, 0.6) is 0 Å². The van der Waals surface area contributed by atoms with Crippen molar-refractivity contribution in [3.8, 4) is 0 Å². The first-order chi connectivity index (χ1) is 18.1. The van der Waals surface area contributed by atoms with E-state index in [0.717, 1.165) is 43.7 Å². The standard InChI is InChI=1S/C28H32F3N3O4/c1-38-27(37)21-5-2-4-20(16-21)26(36)34-14-12-19(13-15-34)18-8-10-22(11-9-18)33-25(35)17-23-6-3-7-24(32-23)28(29,30)31/h3,6-11,19-21H,2,4-5,12-17H2,1H3,(H,33,35). The Morgan fingerprint density at radius 3 is 2.34 bits per heavy atom. The molecule has 2 fully saturated rings. The van der Waals surface area contributed by atoms with E-state index in [-0.39, 0.29) is 41.7 Å². The van der Waals surface area contributed by atoms with Crippen LogP contribution in [0, 0.1) is 11.8 Å². The van der Waals surface area contributed by atoms with Gasteiger partial charge in [-0.3, -0.25) is 14.4 Å². The smallest absolute Gasteiger partial charge is 0.433 e. The number of nitrogens with one attached hydrogen (secondary N) is 1. The third kappa shape index (κ3) is 6.90. The second kappa shape index (κ2) is 12.0. The number of ether oxygens (including phenoxy) is 1. The lowest BCUT2D eigenvalue weighted by molar-refractivity contribution is -0.149. The van der Waals surface area contributed by atoms with Crippen molar-refractivity contribution in [3.05, 3.63) is 59.4 Å². The first-order valence-corrected chi connectivity index (χ1v) is 12.9. The van der Waals surface area contributed by atoms with Crippen LogP contribution in [0.4, 0.5) is 18.9 Å². The van der Waals surface area contributed by atoms with E-state index in [9.17, 15) is 27.6 Å². The molecular formula is C28H32F3N3O4. The Bertz CT molecular complexity index is 1140. The average Bonchev–Trinajstić information content (AvgIpc) is 2.92. The number of hydrogen-bond acceptors (Lipinski definition) is 5. The topological polar surface area (TPSA) is 88.6 Å². The number of carbonyl (C=O) groups excluding carboxylic acids is 3. The SMILES string of the molecule is COC(=O)C1CCCC(C(=O)N2CCC(c3ccc(NC(=O)Cc4cccc(C(F)(F)F)n4)cc3)CC2)C1. The number of alkyl halides is 3. The average molecular weight is 532 g/mol. The highest BCUT2D eigenvalue weighted by Crippen LogP contribution is 2.34. The molecule has 38 heavy (non-hydrogen) atoms. The minimum absolute atomic E-state index is 0.0456. The Morgan fingerprint density at radius 2 is 1.68 bits per heavy atom. The fraction of sp³-hybridized carbons (Fsp3) is 0.500. The number of benzene rings is 1. The van der Waals surface area contributed by atoms with Crippen LogP contribution < -0.4 is 5.32 Å². The summed E-state index contributed by atoms with van der Waals surface area (Å²) in [6.45, 7) is 1.32. The molecule has 1 aromatic heterocycles. The minimum Gasteiger partial charge on any atom is -0.469 e. The Balaban J connectivity index is 1.26. The number of anilines is 1. The first-order valence-electron chi connectivity index (χ1n) is 12.9. The van der Waals surface area contributed by atoms with Gasteiger partial charge in [-0.05, 0) is 67.9 Å². The third-order valence-corrected chi connectivity index (χ3v) is 7.47.